The number of nitrogens with one attached hydrogen (secondary N) is 1. The first-order chi connectivity index (χ1) is 14.3. The number of nitrogens with zero attached hydrogens (tertiary/aromatic N) is 3. The fourth-order valence-electron chi connectivity index (χ4n) is 3.71. The van der Waals surface area contributed by atoms with Gasteiger partial charge < -0.3 is 15.1 Å². The summed E-state index contributed by atoms with van der Waals surface area (Å²) in [5.74, 6) is 0.971. The van der Waals surface area contributed by atoms with Gasteiger partial charge in [-0.15, -0.1) is 0 Å². The van der Waals surface area contributed by atoms with Gasteiger partial charge in [-0.1, -0.05) is 66.7 Å². The molecule has 5 heteroatoms. The number of benzene rings is 2. The molecule has 2 amide bonds. The monoisotopic (exact) mass is 386 g/mol. The van der Waals surface area contributed by atoms with E-state index < -0.39 is 0 Å². The largest absolute Gasteiger partial charge is 0.353 e. The second-order valence-electron chi connectivity index (χ2n) is 7.26. The lowest BCUT2D eigenvalue weighted by Gasteiger charge is -2.36. The van der Waals surface area contributed by atoms with Gasteiger partial charge in [0.05, 0.1) is 6.04 Å². The Labute approximate surface area is 172 Å². The van der Waals surface area contributed by atoms with Crippen LogP contribution in [0.3, 0.4) is 0 Å². The summed E-state index contributed by atoms with van der Waals surface area (Å²) in [6, 6.07) is 26.4. The van der Waals surface area contributed by atoms with Crippen molar-refractivity contribution < 1.29 is 4.79 Å². The molecular formula is C24H26N4O. The molecule has 1 unspecified atom stereocenters. The van der Waals surface area contributed by atoms with Gasteiger partial charge in [0.15, 0.2) is 0 Å². The predicted octanol–water partition coefficient (Wildman–Crippen LogP) is 3.90. The zero-order valence-corrected chi connectivity index (χ0v) is 16.4. The maximum absolute atomic E-state index is 13.0. The first kappa shape index (κ1) is 19.0. The number of aromatic nitrogens is 1. The first-order valence-electron chi connectivity index (χ1n) is 10.1. The summed E-state index contributed by atoms with van der Waals surface area (Å²) >= 11 is 0. The van der Waals surface area contributed by atoms with Crippen molar-refractivity contribution in [1.82, 2.24) is 15.2 Å². The van der Waals surface area contributed by atoms with Gasteiger partial charge in [0.2, 0.25) is 0 Å². The SMILES string of the molecule is O=C(NC(Cc1ccccc1)c1ccccc1)N1CCN(c2ccccn2)CC1. The smallest absolute Gasteiger partial charge is 0.318 e. The molecule has 1 aliphatic rings. The average molecular weight is 386 g/mol. The van der Waals surface area contributed by atoms with E-state index in [0.717, 1.165) is 30.9 Å². The molecule has 5 nitrogen and oxygen atoms in total. The second-order valence-corrected chi connectivity index (χ2v) is 7.26. The highest BCUT2D eigenvalue weighted by Crippen LogP contribution is 2.19. The van der Waals surface area contributed by atoms with E-state index >= 15 is 0 Å². The van der Waals surface area contributed by atoms with Crippen molar-refractivity contribution >= 4 is 11.8 Å². The first-order valence-corrected chi connectivity index (χ1v) is 10.1. The van der Waals surface area contributed by atoms with Gasteiger partial charge in [0, 0.05) is 32.4 Å². The maximum Gasteiger partial charge on any atom is 0.318 e. The minimum Gasteiger partial charge on any atom is -0.353 e. The lowest BCUT2D eigenvalue weighted by molar-refractivity contribution is 0.190. The van der Waals surface area contributed by atoms with Crippen LogP contribution in [0.2, 0.25) is 0 Å². The molecule has 1 N–H and O–H groups in total. The number of amides is 2. The predicted molar refractivity (Wildman–Crippen MR) is 116 cm³/mol. The molecule has 2 aromatic carbocycles. The van der Waals surface area contributed by atoms with Gasteiger partial charge in [0.25, 0.3) is 0 Å². The quantitative estimate of drug-likeness (QED) is 0.724. The van der Waals surface area contributed by atoms with E-state index in [4.69, 9.17) is 0 Å². The van der Waals surface area contributed by atoms with Crippen molar-refractivity contribution in [2.24, 2.45) is 0 Å². The Morgan fingerprint density at radius 3 is 2.17 bits per heavy atom. The van der Waals surface area contributed by atoms with E-state index in [1.807, 2.05) is 65.7 Å². The van der Waals surface area contributed by atoms with Crippen LogP contribution in [0.1, 0.15) is 17.2 Å². The molecular weight excluding hydrogens is 360 g/mol. The van der Waals surface area contributed by atoms with E-state index in [1.54, 1.807) is 0 Å². The topological polar surface area (TPSA) is 48.5 Å². The van der Waals surface area contributed by atoms with Crippen LogP contribution in [-0.4, -0.2) is 42.1 Å². The highest BCUT2D eigenvalue weighted by atomic mass is 16.2. The Balaban J connectivity index is 1.40. The van der Waals surface area contributed by atoms with E-state index in [9.17, 15) is 4.79 Å². The van der Waals surface area contributed by atoms with Crippen LogP contribution in [0.4, 0.5) is 10.6 Å². The zero-order chi connectivity index (χ0) is 19.9. The van der Waals surface area contributed by atoms with Gasteiger partial charge >= 0.3 is 6.03 Å². The molecule has 1 atom stereocenters. The molecule has 148 valence electrons. The molecule has 4 rings (SSSR count). The highest BCUT2D eigenvalue weighted by molar-refractivity contribution is 5.75. The van der Waals surface area contributed by atoms with Gasteiger partial charge in [-0.3, -0.25) is 0 Å². The molecule has 0 spiro atoms. The van der Waals surface area contributed by atoms with Crippen molar-refractivity contribution in [2.45, 2.75) is 12.5 Å². The van der Waals surface area contributed by atoms with Crippen LogP contribution < -0.4 is 10.2 Å². The van der Waals surface area contributed by atoms with Crippen molar-refractivity contribution in [3.63, 3.8) is 0 Å². The van der Waals surface area contributed by atoms with Crippen molar-refractivity contribution in [2.75, 3.05) is 31.1 Å². The van der Waals surface area contributed by atoms with Crippen molar-refractivity contribution in [1.29, 1.82) is 0 Å². The van der Waals surface area contributed by atoms with Crippen LogP contribution in [0, 0.1) is 0 Å². The third-order valence-electron chi connectivity index (χ3n) is 5.32. The number of rotatable bonds is 5. The standard InChI is InChI=1S/C24H26N4O/c29-24(28-17-15-27(16-18-28)23-13-7-8-14-25-23)26-22(21-11-5-2-6-12-21)19-20-9-3-1-4-10-20/h1-14,22H,15-19H2,(H,26,29). The Bertz CT molecular complexity index is 894. The maximum atomic E-state index is 13.0. The summed E-state index contributed by atoms with van der Waals surface area (Å²) in [5, 5.41) is 3.26. The molecule has 0 radical (unpaired) electrons. The highest BCUT2D eigenvalue weighted by Gasteiger charge is 2.24. The number of carbonyl (C=O) groups excluding carboxylic acids is 1. The zero-order valence-electron chi connectivity index (χ0n) is 16.4. The van der Waals surface area contributed by atoms with Crippen LogP contribution in [0.25, 0.3) is 0 Å². The Kier molecular flexibility index (Phi) is 6.05. The number of hydrogen-bond acceptors (Lipinski definition) is 3. The molecule has 0 bridgehead atoms. The lowest BCUT2D eigenvalue weighted by atomic mass is 9.99. The van der Waals surface area contributed by atoms with Crippen LogP contribution in [0.15, 0.2) is 85.1 Å². The van der Waals surface area contributed by atoms with Gasteiger partial charge in [-0.25, -0.2) is 9.78 Å². The van der Waals surface area contributed by atoms with E-state index in [0.29, 0.717) is 13.1 Å². The van der Waals surface area contributed by atoms with Crippen LogP contribution in [0.5, 0.6) is 0 Å². The summed E-state index contributed by atoms with van der Waals surface area (Å²) < 4.78 is 0. The third-order valence-corrected chi connectivity index (χ3v) is 5.32. The minimum atomic E-state index is -0.0556. The van der Waals surface area contributed by atoms with Crippen molar-refractivity contribution in [3.8, 4) is 0 Å². The summed E-state index contributed by atoms with van der Waals surface area (Å²) in [7, 11) is 0. The van der Waals surface area contributed by atoms with E-state index in [1.165, 1.54) is 5.56 Å². The molecule has 3 aromatic rings. The fraction of sp³-hybridized carbons (Fsp3) is 0.250. The Morgan fingerprint density at radius 1 is 0.862 bits per heavy atom. The molecule has 29 heavy (non-hydrogen) atoms. The number of pyridine rings is 1. The third kappa shape index (κ3) is 4.93. The second kappa shape index (κ2) is 9.24. The van der Waals surface area contributed by atoms with E-state index in [-0.39, 0.29) is 12.1 Å². The number of hydrogen-bond donors (Lipinski definition) is 1. The molecule has 1 aromatic heterocycles. The van der Waals surface area contributed by atoms with Crippen molar-refractivity contribution in [3.05, 3.63) is 96.2 Å². The number of anilines is 1. The minimum absolute atomic E-state index is 0.00421. The molecule has 0 aliphatic carbocycles. The summed E-state index contributed by atoms with van der Waals surface area (Å²) in [5.41, 5.74) is 2.33. The summed E-state index contributed by atoms with van der Waals surface area (Å²) in [6.07, 6.45) is 2.58. The molecule has 2 heterocycles. The number of carbonyl (C=O) groups is 1. The Morgan fingerprint density at radius 2 is 1.52 bits per heavy atom. The molecule has 1 fully saturated rings. The molecule has 1 saturated heterocycles. The van der Waals surface area contributed by atoms with Gasteiger partial charge in [-0.05, 0) is 29.7 Å². The summed E-state index contributed by atoms with van der Waals surface area (Å²) in [4.78, 5) is 21.5. The Hall–Kier alpha value is -3.34. The van der Waals surface area contributed by atoms with Gasteiger partial charge in [0.1, 0.15) is 5.82 Å². The summed E-state index contributed by atoms with van der Waals surface area (Å²) in [6.45, 7) is 2.96. The normalized spacial score (nSPS) is 15.0. The number of piperazine rings is 1. The fourth-order valence-corrected chi connectivity index (χ4v) is 3.71. The lowest BCUT2D eigenvalue weighted by Crippen LogP contribution is -2.52. The average Bonchev–Trinajstić information content (AvgIpc) is 2.80. The van der Waals surface area contributed by atoms with Crippen LogP contribution >= 0.6 is 0 Å². The van der Waals surface area contributed by atoms with Gasteiger partial charge in [-0.2, -0.15) is 0 Å². The van der Waals surface area contributed by atoms with Crippen LogP contribution in [-0.2, 0) is 6.42 Å². The molecule has 1 aliphatic heterocycles. The van der Waals surface area contributed by atoms with E-state index in [2.05, 4.69) is 39.5 Å². The number of urea groups is 1. The molecule has 0 saturated carbocycles.